The lowest BCUT2D eigenvalue weighted by molar-refractivity contribution is 0.668. The van der Waals surface area contributed by atoms with E-state index in [1.54, 1.807) is 0 Å². The van der Waals surface area contributed by atoms with Crippen LogP contribution < -0.4 is 0 Å². The Balaban J connectivity index is 1.24. The van der Waals surface area contributed by atoms with E-state index in [2.05, 4.69) is 54.6 Å². The van der Waals surface area contributed by atoms with Gasteiger partial charge in [0, 0.05) is 54.6 Å². The fraction of sp³-hybridized carbons (Fsp3) is 0. The minimum Gasteiger partial charge on any atom is -0.456 e. The normalized spacial score (nSPS) is 11.9. The van der Waals surface area contributed by atoms with Crippen molar-refractivity contribution in [1.82, 2.24) is 15.0 Å². The van der Waals surface area contributed by atoms with E-state index in [1.165, 1.54) is 0 Å². The van der Waals surface area contributed by atoms with Gasteiger partial charge in [0.25, 0.3) is 0 Å². The Kier molecular flexibility index (Phi) is 5.86. The number of nitrogens with zero attached hydrogens (tertiary/aromatic N) is 3. The highest BCUT2D eigenvalue weighted by molar-refractivity contribution is 6.18. The van der Waals surface area contributed by atoms with E-state index in [-0.39, 0.29) is 0 Å². The van der Waals surface area contributed by atoms with Crippen molar-refractivity contribution >= 4 is 65.8 Å². The molecule has 11 rings (SSSR count). The number of aromatic nitrogens is 3. The van der Waals surface area contributed by atoms with Crippen LogP contribution in [-0.4, -0.2) is 15.0 Å². The lowest BCUT2D eigenvalue weighted by Gasteiger charge is -2.14. The van der Waals surface area contributed by atoms with Gasteiger partial charge in [0.2, 0.25) is 0 Å². The van der Waals surface area contributed by atoms with Crippen molar-refractivity contribution in [2.45, 2.75) is 0 Å². The van der Waals surface area contributed by atoms with E-state index in [9.17, 15) is 0 Å². The highest BCUT2D eigenvalue weighted by Crippen LogP contribution is 2.45. The SMILES string of the molecule is c1ccc(-c2nc(-c3ccc4c(c3)oc3ccccc34)nc(-c3c(-c4cccc5c4oc4ccccc45)ccc4oc5ccccc5c34)n2)cc1. The maximum Gasteiger partial charge on any atom is 0.165 e. The number of benzene rings is 7. The smallest absolute Gasteiger partial charge is 0.165 e. The van der Waals surface area contributed by atoms with Crippen molar-refractivity contribution in [3.05, 3.63) is 152 Å². The summed E-state index contributed by atoms with van der Waals surface area (Å²) >= 11 is 0. The third-order valence-corrected chi connectivity index (χ3v) is 9.77. The molecule has 0 aliphatic rings. The van der Waals surface area contributed by atoms with Crippen LogP contribution in [0, 0.1) is 0 Å². The fourth-order valence-corrected chi connectivity index (χ4v) is 7.43. The number of hydrogen-bond donors (Lipinski definition) is 0. The van der Waals surface area contributed by atoms with Crippen molar-refractivity contribution in [3.8, 4) is 45.3 Å². The molecule has 0 N–H and O–H groups in total. The summed E-state index contributed by atoms with van der Waals surface area (Å²) in [6, 6.07) is 51.0. The topological polar surface area (TPSA) is 78.1 Å². The molecule has 4 heterocycles. The van der Waals surface area contributed by atoms with Gasteiger partial charge in [-0.3, -0.25) is 0 Å². The van der Waals surface area contributed by atoms with E-state index in [0.717, 1.165) is 93.6 Å². The van der Waals surface area contributed by atoms with Crippen molar-refractivity contribution in [2.75, 3.05) is 0 Å². The van der Waals surface area contributed by atoms with Gasteiger partial charge in [0.05, 0.1) is 0 Å². The number of para-hydroxylation sites is 4. The standard InChI is InChI=1S/C45H25N3O3/c1-2-11-26(12-3-1)43-46-44(27-21-22-30-28-13-4-7-18-35(28)50-39(30)25-27)48-45(47-43)41-31(23-24-38-40(41)34-15-6-9-20-37(34)49-38)33-17-10-16-32-29-14-5-8-19-36(29)51-42(32)33/h1-25H. The molecule has 51 heavy (non-hydrogen) atoms. The molecule has 0 aliphatic carbocycles. The van der Waals surface area contributed by atoms with Gasteiger partial charge in [0.15, 0.2) is 17.5 Å². The zero-order valence-corrected chi connectivity index (χ0v) is 27.0. The monoisotopic (exact) mass is 655 g/mol. The number of rotatable bonds is 4. The second-order valence-electron chi connectivity index (χ2n) is 12.7. The van der Waals surface area contributed by atoms with Gasteiger partial charge < -0.3 is 13.3 Å². The van der Waals surface area contributed by atoms with Crippen LogP contribution in [0.2, 0.25) is 0 Å². The molecule has 0 unspecified atom stereocenters. The molecule has 11 aromatic rings. The predicted octanol–water partition coefficient (Wildman–Crippen LogP) is 12.2. The molecule has 0 aliphatic heterocycles. The predicted molar refractivity (Wildman–Crippen MR) is 203 cm³/mol. The second-order valence-corrected chi connectivity index (χ2v) is 12.7. The Morgan fingerprint density at radius 1 is 0.333 bits per heavy atom. The molecule has 6 heteroatoms. The van der Waals surface area contributed by atoms with Crippen molar-refractivity contribution in [1.29, 1.82) is 0 Å². The molecule has 0 saturated carbocycles. The third kappa shape index (κ3) is 4.26. The number of fused-ring (bicyclic) bond motifs is 9. The van der Waals surface area contributed by atoms with Gasteiger partial charge in [-0.15, -0.1) is 0 Å². The Hall–Kier alpha value is -7.05. The molecule has 0 spiro atoms. The van der Waals surface area contributed by atoms with E-state index >= 15 is 0 Å². The molecule has 0 atom stereocenters. The molecule has 0 fully saturated rings. The molecule has 4 aromatic heterocycles. The van der Waals surface area contributed by atoms with Crippen molar-refractivity contribution in [2.24, 2.45) is 0 Å². The van der Waals surface area contributed by atoms with Gasteiger partial charge in [-0.2, -0.15) is 0 Å². The highest BCUT2D eigenvalue weighted by atomic mass is 16.3. The van der Waals surface area contributed by atoms with Crippen molar-refractivity contribution in [3.63, 3.8) is 0 Å². The van der Waals surface area contributed by atoms with Crippen LogP contribution in [0.15, 0.2) is 165 Å². The van der Waals surface area contributed by atoms with Crippen LogP contribution in [0.5, 0.6) is 0 Å². The van der Waals surface area contributed by atoms with Crippen LogP contribution >= 0.6 is 0 Å². The number of furan rings is 3. The van der Waals surface area contributed by atoms with Gasteiger partial charge in [-0.25, -0.2) is 15.0 Å². The lowest BCUT2D eigenvalue weighted by atomic mass is 9.93. The Morgan fingerprint density at radius 2 is 0.922 bits per heavy atom. The minimum absolute atomic E-state index is 0.531. The average molecular weight is 656 g/mol. The summed E-state index contributed by atoms with van der Waals surface area (Å²) in [4.78, 5) is 15.6. The maximum atomic E-state index is 6.57. The van der Waals surface area contributed by atoms with E-state index in [0.29, 0.717) is 17.5 Å². The molecule has 0 amide bonds. The summed E-state index contributed by atoms with van der Waals surface area (Å²) in [6.45, 7) is 0. The lowest BCUT2D eigenvalue weighted by Crippen LogP contribution is -2.01. The first-order valence-corrected chi connectivity index (χ1v) is 16.9. The number of hydrogen-bond acceptors (Lipinski definition) is 6. The summed E-state index contributed by atoms with van der Waals surface area (Å²) < 4.78 is 19.3. The summed E-state index contributed by atoms with van der Waals surface area (Å²) in [7, 11) is 0. The first kappa shape index (κ1) is 27.9. The average Bonchev–Trinajstić information content (AvgIpc) is 3.88. The van der Waals surface area contributed by atoms with Crippen LogP contribution in [0.25, 0.3) is 111 Å². The van der Waals surface area contributed by atoms with Gasteiger partial charge in [-0.05, 0) is 48.0 Å². The zero-order valence-electron chi connectivity index (χ0n) is 27.0. The van der Waals surface area contributed by atoms with Gasteiger partial charge in [0.1, 0.15) is 33.5 Å². The molecule has 6 nitrogen and oxygen atoms in total. The molecular weight excluding hydrogens is 631 g/mol. The van der Waals surface area contributed by atoms with E-state index < -0.39 is 0 Å². The second kappa shape index (κ2) is 10.7. The van der Waals surface area contributed by atoms with Crippen LogP contribution in [0.4, 0.5) is 0 Å². The van der Waals surface area contributed by atoms with Crippen molar-refractivity contribution < 1.29 is 13.3 Å². The Labute approximate surface area is 290 Å². The van der Waals surface area contributed by atoms with E-state index in [4.69, 9.17) is 28.2 Å². The molecule has 0 radical (unpaired) electrons. The van der Waals surface area contributed by atoms with Crippen LogP contribution in [0.3, 0.4) is 0 Å². The van der Waals surface area contributed by atoms with Crippen LogP contribution in [0.1, 0.15) is 0 Å². The molecule has 7 aromatic carbocycles. The third-order valence-electron chi connectivity index (χ3n) is 9.77. The summed E-state index contributed by atoms with van der Waals surface area (Å²) in [5.74, 6) is 1.64. The molecule has 0 saturated heterocycles. The minimum atomic E-state index is 0.531. The highest BCUT2D eigenvalue weighted by Gasteiger charge is 2.24. The zero-order chi connectivity index (χ0) is 33.5. The maximum absolute atomic E-state index is 6.57. The summed E-state index contributed by atoms with van der Waals surface area (Å²) in [6.07, 6.45) is 0. The molecule has 0 bridgehead atoms. The largest absolute Gasteiger partial charge is 0.456 e. The Bertz CT molecular complexity index is 3150. The first-order chi connectivity index (χ1) is 25.3. The molecular formula is C45H25N3O3. The molecule has 238 valence electrons. The van der Waals surface area contributed by atoms with Gasteiger partial charge >= 0.3 is 0 Å². The van der Waals surface area contributed by atoms with Crippen LogP contribution in [-0.2, 0) is 0 Å². The van der Waals surface area contributed by atoms with Gasteiger partial charge in [-0.1, -0.05) is 109 Å². The quantitative estimate of drug-likeness (QED) is 0.188. The van der Waals surface area contributed by atoms with E-state index in [1.807, 2.05) is 97.1 Å². The first-order valence-electron chi connectivity index (χ1n) is 16.9. The Morgan fingerprint density at radius 3 is 1.73 bits per heavy atom. The summed E-state index contributed by atoms with van der Waals surface area (Å²) in [5, 5.41) is 6.14. The fourth-order valence-electron chi connectivity index (χ4n) is 7.43. The summed E-state index contributed by atoms with van der Waals surface area (Å²) in [5.41, 5.74) is 9.23.